The number of nitrogens with one attached hydrogen (secondary N) is 1. The molecule has 1 atom stereocenters. The second-order valence-corrected chi connectivity index (χ2v) is 12.1. The first-order valence-electron chi connectivity index (χ1n) is 12.4. The molecule has 6 heteroatoms. The summed E-state index contributed by atoms with van der Waals surface area (Å²) in [7, 11) is 0. The quantitative estimate of drug-likeness (QED) is 0.258. The second-order valence-electron chi connectivity index (χ2n) is 10.8. The zero-order valence-electron chi connectivity index (χ0n) is 22.5. The average molecular weight is 520 g/mol. The Kier molecular flexibility index (Phi) is 9.08. The lowest BCUT2D eigenvalue weighted by Gasteiger charge is -2.36. The molecule has 0 spiro atoms. The van der Waals surface area contributed by atoms with Crippen LogP contribution in [0.15, 0.2) is 91.0 Å². The summed E-state index contributed by atoms with van der Waals surface area (Å²) in [4.78, 5) is 26.0. The zero-order chi connectivity index (χ0) is 27.1. The predicted molar refractivity (Wildman–Crippen MR) is 151 cm³/mol. The van der Waals surface area contributed by atoms with Crippen molar-refractivity contribution in [2.45, 2.75) is 63.5 Å². The van der Waals surface area contributed by atoms with Gasteiger partial charge in [0, 0.05) is 5.75 Å². The number of carbonyl (C=O) groups is 2. The summed E-state index contributed by atoms with van der Waals surface area (Å²) in [6.45, 7) is 10.8. The van der Waals surface area contributed by atoms with Crippen molar-refractivity contribution in [3.63, 3.8) is 0 Å². The van der Waals surface area contributed by atoms with E-state index >= 15 is 0 Å². The summed E-state index contributed by atoms with van der Waals surface area (Å²) in [5.41, 5.74) is 1.80. The minimum atomic E-state index is -0.922. The van der Waals surface area contributed by atoms with Crippen molar-refractivity contribution in [1.29, 1.82) is 0 Å². The van der Waals surface area contributed by atoms with Gasteiger partial charge in [-0.1, -0.05) is 91.0 Å². The molecule has 3 aromatic carbocycles. The minimum Gasteiger partial charge on any atom is -0.458 e. The topological polar surface area (TPSA) is 64.6 Å². The highest BCUT2D eigenvalue weighted by Crippen LogP contribution is 2.48. The maximum absolute atomic E-state index is 13.3. The Morgan fingerprint density at radius 3 is 1.41 bits per heavy atom. The maximum Gasteiger partial charge on any atom is 0.408 e. The van der Waals surface area contributed by atoms with Crippen LogP contribution in [-0.2, 0) is 19.0 Å². The molecule has 3 rings (SSSR count). The molecule has 0 aliphatic heterocycles. The Balaban J connectivity index is 2.06. The molecule has 0 unspecified atom stereocenters. The van der Waals surface area contributed by atoms with Crippen LogP contribution in [0.25, 0.3) is 0 Å². The summed E-state index contributed by atoms with van der Waals surface area (Å²) in [5.74, 6) is -0.249. The zero-order valence-corrected chi connectivity index (χ0v) is 23.3. The fraction of sp³-hybridized carbons (Fsp3) is 0.355. The predicted octanol–water partition coefficient (Wildman–Crippen LogP) is 6.95. The van der Waals surface area contributed by atoms with E-state index in [0.29, 0.717) is 0 Å². The van der Waals surface area contributed by atoms with E-state index in [-0.39, 0.29) is 5.75 Å². The number of amides is 1. The van der Waals surface area contributed by atoms with Gasteiger partial charge in [-0.2, -0.15) is 0 Å². The van der Waals surface area contributed by atoms with Gasteiger partial charge < -0.3 is 14.8 Å². The van der Waals surface area contributed by atoms with Gasteiger partial charge in [-0.25, -0.2) is 9.59 Å². The van der Waals surface area contributed by atoms with Crippen LogP contribution in [0.5, 0.6) is 0 Å². The molecular formula is C31H37NO4S. The molecule has 3 aromatic rings. The van der Waals surface area contributed by atoms with E-state index in [4.69, 9.17) is 9.47 Å². The third-order valence-electron chi connectivity index (χ3n) is 5.39. The lowest BCUT2D eigenvalue weighted by Crippen LogP contribution is -2.48. The summed E-state index contributed by atoms with van der Waals surface area (Å²) in [6.07, 6.45) is -0.659. The number of ether oxygens (including phenoxy) is 2. The molecule has 0 aliphatic rings. The minimum absolute atomic E-state index is 0.257. The number of alkyl carbamates (subject to hydrolysis) is 1. The largest absolute Gasteiger partial charge is 0.458 e. The lowest BCUT2D eigenvalue weighted by molar-refractivity contribution is -0.156. The fourth-order valence-electron chi connectivity index (χ4n) is 3.97. The highest BCUT2D eigenvalue weighted by molar-refractivity contribution is 8.00. The van der Waals surface area contributed by atoms with Crippen molar-refractivity contribution < 1.29 is 19.1 Å². The SMILES string of the molecule is CC(C)(C)OC(=O)N[C@@H](CSC(c1ccccc1)(c1ccccc1)c1ccccc1)C(=O)OC(C)(C)C. The number of thioether (sulfide) groups is 1. The van der Waals surface area contributed by atoms with Crippen LogP contribution in [0, 0.1) is 0 Å². The highest BCUT2D eigenvalue weighted by Gasteiger charge is 2.39. The molecule has 37 heavy (non-hydrogen) atoms. The number of hydrogen-bond acceptors (Lipinski definition) is 5. The molecule has 1 N–H and O–H groups in total. The van der Waals surface area contributed by atoms with Crippen molar-refractivity contribution in [3.8, 4) is 0 Å². The van der Waals surface area contributed by atoms with Crippen LogP contribution in [0.4, 0.5) is 4.79 Å². The van der Waals surface area contributed by atoms with E-state index < -0.39 is 34.1 Å². The number of benzene rings is 3. The molecule has 0 saturated heterocycles. The molecular weight excluding hydrogens is 482 g/mol. The smallest absolute Gasteiger partial charge is 0.408 e. The third kappa shape index (κ3) is 7.86. The molecule has 5 nitrogen and oxygen atoms in total. The van der Waals surface area contributed by atoms with Crippen LogP contribution >= 0.6 is 11.8 Å². The maximum atomic E-state index is 13.3. The van der Waals surface area contributed by atoms with E-state index in [1.165, 1.54) is 0 Å². The van der Waals surface area contributed by atoms with Gasteiger partial charge in [0.25, 0.3) is 0 Å². The Morgan fingerprint density at radius 1 is 0.676 bits per heavy atom. The van der Waals surface area contributed by atoms with E-state index in [1.54, 1.807) is 32.5 Å². The Morgan fingerprint density at radius 2 is 1.05 bits per heavy atom. The van der Waals surface area contributed by atoms with Crippen molar-refractivity contribution in [2.24, 2.45) is 0 Å². The molecule has 0 fully saturated rings. The van der Waals surface area contributed by atoms with E-state index in [0.717, 1.165) is 16.7 Å². The van der Waals surface area contributed by atoms with Gasteiger partial charge in [0.1, 0.15) is 17.2 Å². The van der Waals surface area contributed by atoms with Crippen molar-refractivity contribution >= 4 is 23.8 Å². The number of rotatable bonds is 8. The van der Waals surface area contributed by atoms with Gasteiger partial charge in [-0.05, 0) is 58.2 Å². The molecule has 196 valence electrons. The van der Waals surface area contributed by atoms with Crippen molar-refractivity contribution in [2.75, 3.05) is 5.75 Å². The molecule has 0 heterocycles. The van der Waals surface area contributed by atoms with Crippen LogP contribution in [-0.4, -0.2) is 35.1 Å². The molecule has 0 aliphatic carbocycles. The molecule has 0 saturated carbocycles. The van der Waals surface area contributed by atoms with Crippen molar-refractivity contribution in [1.82, 2.24) is 5.32 Å². The molecule has 0 bridgehead atoms. The van der Waals surface area contributed by atoms with E-state index in [9.17, 15) is 9.59 Å². The highest BCUT2D eigenvalue weighted by atomic mass is 32.2. The Labute approximate surface area is 225 Å². The first-order valence-corrected chi connectivity index (χ1v) is 13.4. The first kappa shape index (κ1) is 28.3. The summed E-state index contributed by atoms with van der Waals surface area (Å²) in [5, 5.41) is 2.77. The van der Waals surface area contributed by atoms with E-state index in [2.05, 4.69) is 41.7 Å². The molecule has 1 amide bonds. The monoisotopic (exact) mass is 519 g/mol. The van der Waals surface area contributed by atoms with Gasteiger partial charge in [0.05, 0.1) is 4.75 Å². The van der Waals surface area contributed by atoms with Gasteiger partial charge in [0.2, 0.25) is 0 Å². The van der Waals surface area contributed by atoms with Crippen LogP contribution < -0.4 is 5.32 Å². The van der Waals surface area contributed by atoms with Crippen LogP contribution in [0.1, 0.15) is 58.2 Å². The summed E-state index contributed by atoms with van der Waals surface area (Å²) in [6, 6.07) is 29.7. The number of hydrogen-bond donors (Lipinski definition) is 1. The Bertz CT molecular complexity index is 1060. The Hall–Kier alpha value is -3.25. The van der Waals surface area contributed by atoms with Crippen molar-refractivity contribution in [3.05, 3.63) is 108 Å². The lowest BCUT2D eigenvalue weighted by atomic mass is 9.84. The molecule has 0 radical (unpaired) electrons. The molecule has 0 aromatic heterocycles. The summed E-state index contributed by atoms with van der Waals surface area (Å²) < 4.78 is 10.5. The third-order valence-corrected chi connectivity index (χ3v) is 7.03. The van der Waals surface area contributed by atoms with Gasteiger partial charge in [-0.15, -0.1) is 11.8 Å². The first-order chi connectivity index (χ1) is 17.4. The van der Waals surface area contributed by atoms with Crippen LogP contribution in [0.2, 0.25) is 0 Å². The number of esters is 1. The van der Waals surface area contributed by atoms with Gasteiger partial charge in [-0.3, -0.25) is 0 Å². The number of carbonyl (C=O) groups excluding carboxylic acids is 2. The standard InChI is InChI=1S/C31H37NO4S/c1-29(2,3)35-27(33)26(32-28(34)36-30(4,5)6)22-37-31(23-16-10-7-11-17-23,24-18-12-8-13-19-24)25-20-14-9-15-21-25/h7-21,26H,22H2,1-6H3,(H,32,34)/t26-/m0/s1. The fourth-order valence-corrected chi connectivity index (χ4v) is 5.51. The normalized spacial score (nSPS) is 12.9. The van der Waals surface area contributed by atoms with Gasteiger partial charge >= 0.3 is 12.1 Å². The van der Waals surface area contributed by atoms with Crippen LogP contribution in [0.3, 0.4) is 0 Å². The van der Waals surface area contributed by atoms with Gasteiger partial charge in [0.15, 0.2) is 0 Å². The van der Waals surface area contributed by atoms with E-state index in [1.807, 2.05) is 75.4 Å². The second kappa shape index (κ2) is 11.9. The average Bonchev–Trinajstić information content (AvgIpc) is 2.83. The summed E-state index contributed by atoms with van der Waals surface area (Å²) >= 11 is 1.58.